The second-order valence-electron chi connectivity index (χ2n) is 9.75. The summed E-state index contributed by atoms with van der Waals surface area (Å²) < 4.78 is 78.1. The number of likely N-dealkylation sites (tertiary alicyclic amines) is 1. The van der Waals surface area contributed by atoms with Crippen LogP contribution < -0.4 is 10.6 Å². The minimum Gasteiger partial charge on any atom is -0.352 e. The summed E-state index contributed by atoms with van der Waals surface area (Å²) in [7, 11) is 0. The lowest BCUT2D eigenvalue weighted by molar-refractivity contribution is -0.143. The van der Waals surface area contributed by atoms with E-state index < -0.39 is 35.0 Å². The van der Waals surface area contributed by atoms with E-state index in [1.165, 1.54) is 0 Å². The van der Waals surface area contributed by atoms with Crippen LogP contribution in [0.2, 0.25) is 0 Å². The van der Waals surface area contributed by atoms with E-state index in [1.54, 1.807) is 0 Å². The molecule has 1 aromatic carbocycles. The highest BCUT2D eigenvalue weighted by molar-refractivity contribution is 5.94. The number of alkyl halides is 6. The number of halogens is 6. The van der Waals surface area contributed by atoms with Crippen LogP contribution in [0, 0.1) is 11.8 Å². The lowest BCUT2D eigenvalue weighted by Gasteiger charge is -2.32. The molecule has 2 amide bonds. The van der Waals surface area contributed by atoms with Crippen molar-refractivity contribution in [2.75, 3.05) is 26.2 Å². The molecule has 1 aromatic rings. The van der Waals surface area contributed by atoms with Crippen LogP contribution in [0.5, 0.6) is 0 Å². The summed E-state index contributed by atoms with van der Waals surface area (Å²) in [4.78, 5) is 26.7. The van der Waals surface area contributed by atoms with Crippen LogP contribution in [0.15, 0.2) is 18.2 Å². The predicted molar refractivity (Wildman–Crippen MR) is 118 cm³/mol. The van der Waals surface area contributed by atoms with Crippen molar-refractivity contribution in [3.8, 4) is 0 Å². The molecule has 2 N–H and O–H groups in total. The number of hydrogen-bond acceptors (Lipinski definition) is 3. The van der Waals surface area contributed by atoms with Crippen molar-refractivity contribution in [1.82, 2.24) is 15.5 Å². The highest BCUT2D eigenvalue weighted by Gasteiger charge is 2.37. The van der Waals surface area contributed by atoms with Crippen molar-refractivity contribution < 1.29 is 35.9 Å². The standard InChI is InChI=1S/C24H31F6N3O2/c1-15-2-4-20(5-3-15)32-21(34)14-33-8-6-16(7-9-33)13-31-22(35)17-10-18(23(25,26)27)12-19(11-17)24(28,29)30/h10-12,15-16,20H,2-9,13-14H2,1H3,(H,31,35)(H,32,34). The number of nitrogens with zero attached hydrogens (tertiary/aromatic N) is 1. The van der Waals surface area contributed by atoms with E-state index in [-0.39, 0.29) is 37.0 Å². The molecule has 5 nitrogen and oxygen atoms in total. The second-order valence-corrected chi connectivity index (χ2v) is 9.75. The summed E-state index contributed by atoms with van der Waals surface area (Å²) in [6.45, 7) is 3.88. The molecule has 0 atom stereocenters. The van der Waals surface area contributed by atoms with Gasteiger partial charge in [0, 0.05) is 18.2 Å². The largest absolute Gasteiger partial charge is 0.416 e. The Hall–Kier alpha value is -2.30. The molecule has 3 rings (SSSR count). The summed E-state index contributed by atoms with van der Waals surface area (Å²) in [5, 5.41) is 5.56. The van der Waals surface area contributed by atoms with Crippen molar-refractivity contribution >= 4 is 11.8 Å². The van der Waals surface area contributed by atoms with Crippen LogP contribution in [0.4, 0.5) is 26.3 Å². The van der Waals surface area contributed by atoms with Gasteiger partial charge in [0.2, 0.25) is 5.91 Å². The van der Waals surface area contributed by atoms with E-state index in [9.17, 15) is 35.9 Å². The highest BCUT2D eigenvalue weighted by atomic mass is 19.4. The Balaban J connectivity index is 1.46. The van der Waals surface area contributed by atoms with Gasteiger partial charge in [-0.1, -0.05) is 6.92 Å². The fraction of sp³-hybridized carbons (Fsp3) is 0.667. The molecule has 2 aliphatic rings. The van der Waals surface area contributed by atoms with Crippen LogP contribution in [0.3, 0.4) is 0 Å². The number of hydrogen-bond donors (Lipinski definition) is 2. The average Bonchev–Trinajstić information content (AvgIpc) is 2.78. The Kier molecular flexibility index (Phi) is 8.72. The zero-order chi connectivity index (χ0) is 25.8. The second kappa shape index (κ2) is 11.2. The minimum absolute atomic E-state index is 0.00254. The van der Waals surface area contributed by atoms with Crippen molar-refractivity contribution in [2.45, 2.75) is 63.8 Å². The first-order valence-electron chi connectivity index (χ1n) is 11.9. The zero-order valence-electron chi connectivity index (χ0n) is 19.6. The first-order valence-corrected chi connectivity index (χ1v) is 11.9. The molecule has 11 heteroatoms. The highest BCUT2D eigenvalue weighted by Crippen LogP contribution is 2.36. The van der Waals surface area contributed by atoms with E-state index >= 15 is 0 Å². The van der Waals surface area contributed by atoms with Gasteiger partial charge in [0.05, 0.1) is 17.7 Å². The predicted octanol–water partition coefficient (Wildman–Crippen LogP) is 4.86. The Bertz CT molecular complexity index is 854. The fourth-order valence-electron chi connectivity index (χ4n) is 4.65. The molecule has 0 bridgehead atoms. The Morgan fingerprint density at radius 1 is 0.886 bits per heavy atom. The maximum atomic E-state index is 13.0. The maximum Gasteiger partial charge on any atom is 0.416 e. The number of nitrogens with one attached hydrogen (secondary N) is 2. The van der Waals surface area contributed by atoms with Crippen molar-refractivity contribution in [1.29, 1.82) is 0 Å². The summed E-state index contributed by atoms with van der Waals surface area (Å²) in [5.74, 6) is -0.277. The molecule has 196 valence electrons. The minimum atomic E-state index is -5.01. The number of amides is 2. The van der Waals surface area contributed by atoms with Gasteiger partial charge in [0.1, 0.15) is 0 Å². The molecule has 0 spiro atoms. The van der Waals surface area contributed by atoms with Crippen molar-refractivity contribution in [2.24, 2.45) is 11.8 Å². The van der Waals surface area contributed by atoms with Crippen LogP contribution in [-0.4, -0.2) is 48.9 Å². The van der Waals surface area contributed by atoms with Gasteiger partial charge in [0.25, 0.3) is 5.91 Å². The first-order chi connectivity index (χ1) is 16.3. The number of carbonyl (C=O) groups is 2. The molecule has 1 heterocycles. The molecule has 1 saturated heterocycles. The Labute approximate surface area is 200 Å². The average molecular weight is 508 g/mol. The molecular formula is C24H31F6N3O2. The van der Waals surface area contributed by atoms with E-state index in [2.05, 4.69) is 17.6 Å². The molecule has 2 fully saturated rings. The third-order valence-electron chi connectivity index (χ3n) is 6.86. The summed E-state index contributed by atoms with van der Waals surface area (Å²) in [5.41, 5.74) is -3.73. The van der Waals surface area contributed by atoms with E-state index in [4.69, 9.17) is 0 Å². The van der Waals surface area contributed by atoms with Gasteiger partial charge < -0.3 is 10.6 Å². The molecule has 1 aliphatic carbocycles. The number of piperidine rings is 1. The van der Waals surface area contributed by atoms with Gasteiger partial charge in [-0.3, -0.25) is 14.5 Å². The van der Waals surface area contributed by atoms with Crippen molar-refractivity contribution in [3.63, 3.8) is 0 Å². The lowest BCUT2D eigenvalue weighted by Crippen LogP contribution is -2.46. The zero-order valence-corrected chi connectivity index (χ0v) is 19.6. The van der Waals surface area contributed by atoms with Crippen molar-refractivity contribution in [3.05, 3.63) is 34.9 Å². The summed E-state index contributed by atoms with van der Waals surface area (Å²) in [6.07, 6.45) is -4.50. The van der Waals surface area contributed by atoms with Crippen LogP contribution in [0.1, 0.15) is 66.9 Å². The monoisotopic (exact) mass is 507 g/mol. The smallest absolute Gasteiger partial charge is 0.352 e. The third-order valence-corrected chi connectivity index (χ3v) is 6.86. The Morgan fingerprint density at radius 3 is 1.94 bits per heavy atom. The third kappa shape index (κ3) is 8.12. The van der Waals surface area contributed by atoms with Gasteiger partial charge in [-0.2, -0.15) is 26.3 Å². The van der Waals surface area contributed by atoms with Crippen LogP contribution in [-0.2, 0) is 17.1 Å². The topological polar surface area (TPSA) is 61.4 Å². The van der Waals surface area contributed by atoms with Crippen LogP contribution in [0.25, 0.3) is 0 Å². The fourth-order valence-corrected chi connectivity index (χ4v) is 4.65. The van der Waals surface area contributed by atoms with Gasteiger partial charge in [-0.05, 0) is 81.6 Å². The molecule has 35 heavy (non-hydrogen) atoms. The number of carbonyl (C=O) groups excluding carboxylic acids is 2. The maximum absolute atomic E-state index is 13.0. The molecule has 1 aliphatic heterocycles. The summed E-state index contributed by atoms with van der Waals surface area (Å²) in [6, 6.07) is 1.08. The van der Waals surface area contributed by atoms with Gasteiger partial charge in [-0.25, -0.2) is 0 Å². The molecule has 0 unspecified atom stereocenters. The van der Waals surface area contributed by atoms with Gasteiger partial charge in [-0.15, -0.1) is 0 Å². The molecule has 0 aromatic heterocycles. The normalized spacial score (nSPS) is 22.6. The number of benzene rings is 1. The van der Waals surface area contributed by atoms with Gasteiger partial charge >= 0.3 is 12.4 Å². The molecule has 1 saturated carbocycles. The Morgan fingerprint density at radius 2 is 1.43 bits per heavy atom. The molecule has 0 radical (unpaired) electrons. The van der Waals surface area contributed by atoms with E-state index in [0.29, 0.717) is 44.0 Å². The lowest BCUT2D eigenvalue weighted by atomic mass is 9.87. The summed E-state index contributed by atoms with van der Waals surface area (Å²) >= 11 is 0. The quantitative estimate of drug-likeness (QED) is 0.541. The first kappa shape index (κ1) is 27.3. The van der Waals surface area contributed by atoms with Gasteiger partial charge in [0.15, 0.2) is 0 Å². The van der Waals surface area contributed by atoms with E-state index in [0.717, 1.165) is 25.7 Å². The number of rotatable bonds is 6. The SMILES string of the molecule is CC1CCC(NC(=O)CN2CCC(CNC(=O)c3cc(C(F)(F)F)cc(C(F)(F)F)c3)CC2)CC1. The van der Waals surface area contributed by atoms with E-state index in [1.807, 2.05) is 4.90 Å². The molecular weight excluding hydrogens is 476 g/mol. The van der Waals surface area contributed by atoms with Crippen LogP contribution >= 0.6 is 0 Å².